The van der Waals surface area contributed by atoms with Crippen molar-refractivity contribution in [1.82, 2.24) is 14.7 Å². The first-order valence-electron chi connectivity index (χ1n) is 10.1. The molecular formula is C22H27N3O2. The largest absolute Gasteiger partial charge is 0.335 e. The summed E-state index contributed by atoms with van der Waals surface area (Å²) in [6, 6.07) is 12.0. The number of hydrogen-bond donors (Lipinski definition) is 0. The van der Waals surface area contributed by atoms with Gasteiger partial charge in [0, 0.05) is 23.7 Å². The van der Waals surface area contributed by atoms with Crippen LogP contribution < -0.4 is 5.56 Å². The Bertz CT molecular complexity index is 862. The molecule has 0 unspecified atom stereocenters. The lowest BCUT2D eigenvalue weighted by molar-refractivity contribution is -0.135. The lowest BCUT2D eigenvalue weighted by Gasteiger charge is -2.34. The average Bonchev–Trinajstić information content (AvgIpc) is 3.50. The number of carbonyl (C=O) groups is 1. The standard InChI is InChI=1S/C22H27N3O2/c1-16-7-9-17(10-8-16)20-13-14-21(26)24(23-20)15-22(27)25(19-11-12-19)18-5-3-2-4-6-18/h7-10,13-14,18-19H,2-6,11-12,15H2,1H3. The molecule has 27 heavy (non-hydrogen) atoms. The van der Waals surface area contributed by atoms with E-state index in [0.717, 1.165) is 36.9 Å². The molecule has 1 aromatic heterocycles. The molecule has 4 rings (SSSR count). The Labute approximate surface area is 160 Å². The van der Waals surface area contributed by atoms with Crippen molar-refractivity contribution in [1.29, 1.82) is 0 Å². The van der Waals surface area contributed by atoms with Crippen LogP contribution in [0.25, 0.3) is 11.3 Å². The number of aromatic nitrogens is 2. The minimum absolute atomic E-state index is 0.0333. The quantitative estimate of drug-likeness (QED) is 0.814. The van der Waals surface area contributed by atoms with Crippen LogP contribution in [-0.4, -0.2) is 32.7 Å². The lowest BCUT2D eigenvalue weighted by atomic mass is 9.94. The van der Waals surface area contributed by atoms with E-state index in [1.165, 1.54) is 35.6 Å². The maximum Gasteiger partial charge on any atom is 0.267 e. The minimum atomic E-state index is -0.224. The van der Waals surface area contributed by atoms with Crippen molar-refractivity contribution in [2.75, 3.05) is 0 Å². The van der Waals surface area contributed by atoms with Crippen molar-refractivity contribution in [2.24, 2.45) is 0 Å². The Hall–Kier alpha value is -2.43. The fourth-order valence-corrected chi connectivity index (χ4v) is 4.07. The van der Waals surface area contributed by atoms with Crippen LogP contribution in [0.2, 0.25) is 0 Å². The van der Waals surface area contributed by atoms with Crippen LogP contribution in [0.1, 0.15) is 50.5 Å². The van der Waals surface area contributed by atoms with Gasteiger partial charge in [-0.3, -0.25) is 9.59 Å². The highest BCUT2D eigenvalue weighted by Crippen LogP contribution is 2.34. The number of rotatable bonds is 5. The Balaban J connectivity index is 1.55. The number of amides is 1. The molecule has 0 aliphatic heterocycles. The fourth-order valence-electron chi connectivity index (χ4n) is 4.07. The highest BCUT2D eigenvalue weighted by Gasteiger charge is 2.37. The van der Waals surface area contributed by atoms with Gasteiger partial charge in [-0.05, 0) is 38.7 Å². The second kappa shape index (κ2) is 7.67. The van der Waals surface area contributed by atoms with E-state index < -0.39 is 0 Å². The molecule has 1 aromatic carbocycles. The van der Waals surface area contributed by atoms with Crippen molar-refractivity contribution < 1.29 is 4.79 Å². The van der Waals surface area contributed by atoms with E-state index in [-0.39, 0.29) is 18.0 Å². The molecule has 0 radical (unpaired) electrons. The van der Waals surface area contributed by atoms with Gasteiger partial charge in [0.05, 0.1) is 5.69 Å². The summed E-state index contributed by atoms with van der Waals surface area (Å²) in [4.78, 5) is 27.4. The smallest absolute Gasteiger partial charge is 0.267 e. The Morgan fingerprint density at radius 2 is 1.67 bits per heavy atom. The number of nitrogens with zero attached hydrogens (tertiary/aromatic N) is 3. The van der Waals surface area contributed by atoms with Gasteiger partial charge in [-0.1, -0.05) is 49.1 Å². The number of hydrogen-bond acceptors (Lipinski definition) is 3. The topological polar surface area (TPSA) is 55.2 Å². The molecule has 5 nitrogen and oxygen atoms in total. The minimum Gasteiger partial charge on any atom is -0.335 e. The molecule has 2 aliphatic carbocycles. The Morgan fingerprint density at radius 1 is 1.00 bits per heavy atom. The molecule has 0 spiro atoms. The maximum atomic E-state index is 13.1. The second-order valence-electron chi connectivity index (χ2n) is 7.90. The van der Waals surface area contributed by atoms with E-state index in [2.05, 4.69) is 10.00 Å². The van der Waals surface area contributed by atoms with Crippen LogP contribution in [0.3, 0.4) is 0 Å². The van der Waals surface area contributed by atoms with E-state index in [1.54, 1.807) is 6.07 Å². The highest BCUT2D eigenvalue weighted by atomic mass is 16.2. The Kier molecular flexibility index (Phi) is 5.10. The van der Waals surface area contributed by atoms with Crippen LogP contribution in [0.5, 0.6) is 0 Å². The summed E-state index contributed by atoms with van der Waals surface area (Å²) in [5, 5.41) is 4.48. The molecule has 0 bridgehead atoms. The zero-order valence-corrected chi connectivity index (χ0v) is 15.9. The van der Waals surface area contributed by atoms with Crippen LogP contribution in [0.4, 0.5) is 0 Å². The first-order chi connectivity index (χ1) is 13.1. The first-order valence-corrected chi connectivity index (χ1v) is 10.1. The molecule has 2 aliphatic rings. The summed E-state index contributed by atoms with van der Waals surface area (Å²) in [6.45, 7) is 2.07. The predicted octanol–water partition coefficient (Wildman–Crippen LogP) is 3.54. The average molecular weight is 365 g/mol. The third kappa shape index (κ3) is 4.12. The van der Waals surface area contributed by atoms with Gasteiger partial charge in [-0.25, -0.2) is 4.68 Å². The van der Waals surface area contributed by atoms with Gasteiger partial charge in [0.2, 0.25) is 5.91 Å². The van der Waals surface area contributed by atoms with E-state index in [1.807, 2.05) is 31.2 Å². The highest BCUT2D eigenvalue weighted by molar-refractivity contribution is 5.77. The molecule has 1 heterocycles. The maximum absolute atomic E-state index is 13.1. The van der Waals surface area contributed by atoms with Crippen molar-refractivity contribution in [3.05, 3.63) is 52.3 Å². The summed E-state index contributed by atoms with van der Waals surface area (Å²) in [5.74, 6) is 0.0417. The molecule has 0 atom stereocenters. The third-order valence-corrected chi connectivity index (χ3v) is 5.70. The van der Waals surface area contributed by atoms with Gasteiger partial charge in [-0.15, -0.1) is 0 Å². The zero-order chi connectivity index (χ0) is 18.8. The van der Waals surface area contributed by atoms with Crippen LogP contribution >= 0.6 is 0 Å². The molecule has 5 heteroatoms. The summed E-state index contributed by atoms with van der Waals surface area (Å²) >= 11 is 0. The fraction of sp³-hybridized carbons (Fsp3) is 0.500. The monoisotopic (exact) mass is 365 g/mol. The van der Waals surface area contributed by atoms with Gasteiger partial charge in [0.15, 0.2) is 0 Å². The second-order valence-corrected chi connectivity index (χ2v) is 7.90. The summed E-state index contributed by atoms with van der Waals surface area (Å²) in [5.41, 5.74) is 2.62. The number of carbonyl (C=O) groups excluding carboxylic acids is 1. The van der Waals surface area contributed by atoms with E-state index in [4.69, 9.17) is 0 Å². The van der Waals surface area contributed by atoms with Gasteiger partial charge in [-0.2, -0.15) is 5.10 Å². The van der Waals surface area contributed by atoms with Crippen LogP contribution in [0, 0.1) is 6.92 Å². The normalized spacial score (nSPS) is 17.7. The van der Waals surface area contributed by atoms with Gasteiger partial charge in [0.1, 0.15) is 6.54 Å². The van der Waals surface area contributed by atoms with Crippen molar-refractivity contribution in [3.8, 4) is 11.3 Å². The van der Waals surface area contributed by atoms with E-state index in [9.17, 15) is 9.59 Å². The van der Waals surface area contributed by atoms with Crippen LogP contribution in [-0.2, 0) is 11.3 Å². The molecule has 0 N–H and O–H groups in total. The molecule has 2 fully saturated rings. The van der Waals surface area contributed by atoms with Gasteiger partial charge >= 0.3 is 0 Å². The van der Waals surface area contributed by atoms with Crippen molar-refractivity contribution >= 4 is 5.91 Å². The van der Waals surface area contributed by atoms with E-state index in [0.29, 0.717) is 12.1 Å². The molecule has 142 valence electrons. The summed E-state index contributed by atoms with van der Waals surface area (Å²) < 4.78 is 1.33. The molecular weight excluding hydrogens is 338 g/mol. The van der Waals surface area contributed by atoms with Gasteiger partial charge in [0.25, 0.3) is 5.56 Å². The number of aryl methyl sites for hydroxylation is 1. The zero-order valence-electron chi connectivity index (χ0n) is 15.9. The molecule has 2 saturated carbocycles. The summed E-state index contributed by atoms with van der Waals surface area (Å²) in [7, 11) is 0. The Morgan fingerprint density at radius 3 is 2.33 bits per heavy atom. The molecule has 2 aromatic rings. The molecule has 0 saturated heterocycles. The SMILES string of the molecule is Cc1ccc(-c2ccc(=O)n(CC(=O)N(C3CCCCC3)C3CC3)n2)cc1. The third-order valence-electron chi connectivity index (χ3n) is 5.70. The van der Waals surface area contributed by atoms with Crippen molar-refractivity contribution in [2.45, 2.75) is 70.5 Å². The lowest BCUT2D eigenvalue weighted by Crippen LogP contribution is -2.45. The summed E-state index contributed by atoms with van der Waals surface area (Å²) in [6.07, 6.45) is 8.03. The van der Waals surface area contributed by atoms with Crippen molar-refractivity contribution in [3.63, 3.8) is 0 Å². The van der Waals surface area contributed by atoms with Gasteiger partial charge < -0.3 is 4.90 Å². The first kappa shape index (κ1) is 18.0. The predicted molar refractivity (Wildman–Crippen MR) is 105 cm³/mol. The molecule has 1 amide bonds. The van der Waals surface area contributed by atoms with Crippen LogP contribution in [0.15, 0.2) is 41.2 Å². The number of benzene rings is 1. The van der Waals surface area contributed by atoms with E-state index >= 15 is 0 Å².